The van der Waals surface area contributed by atoms with E-state index in [4.69, 9.17) is 0 Å². The van der Waals surface area contributed by atoms with Crippen LogP contribution in [0.2, 0.25) is 0 Å². The summed E-state index contributed by atoms with van der Waals surface area (Å²) < 4.78 is 0. The molecule has 98 valence electrons. The predicted octanol–water partition coefficient (Wildman–Crippen LogP) is 3.59. The minimum Gasteiger partial charge on any atom is -0.508 e. The molecule has 3 heteroatoms. The van der Waals surface area contributed by atoms with Gasteiger partial charge in [0, 0.05) is 6.20 Å². The number of nitrogens with one attached hydrogen (secondary N) is 1. The van der Waals surface area contributed by atoms with Crippen LogP contribution in [-0.2, 0) is 6.42 Å². The molecule has 0 amide bonds. The number of nitrogens with zero attached hydrogens (tertiary/aromatic N) is 1. The molecule has 1 atom stereocenters. The number of rotatable bonds is 2. The average Bonchev–Trinajstić information content (AvgIpc) is 2.42. The van der Waals surface area contributed by atoms with Crippen molar-refractivity contribution in [1.29, 1.82) is 0 Å². The van der Waals surface area contributed by atoms with E-state index in [1.54, 1.807) is 12.3 Å². The number of benzene rings is 1. The third kappa shape index (κ3) is 2.41. The highest BCUT2D eigenvalue weighted by molar-refractivity contribution is 5.51. The number of fused-ring (bicyclic) bond motifs is 1. The maximum absolute atomic E-state index is 9.69. The Morgan fingerprint density at radius 2 is 2.21 bits per heavy atom. The fraction of sp³-hybridized carbons (Fsp3) is 0.312. The second-order valence-electron chi connectivity index (χ2n) is 5.16. The SMILES string of the molecule is Cc1ccncc1NC1CCCc2ccc(O)cc21. The molecule has 1 unspecified atom stereocenters. The number of hydrogen-bond acceptors (Lipinski definition) is 3. The topological polar surface area (TPSA) is 45.2 Å². The lowest BCUT2D eigenvalue weighted by atomic mass is 9.87. The van der Waals surface area contributed by atoms with Gasteiger partial charge in [-0.2, -0.15) is 0 Å². The molecule has 2 N–H and O–H groups in total. The Labute approximate surface area is 113 Å². The molecule has 0 bridgehead atoms. The third-order valence-electron chi connectivity index (χ3n) is 3.81. The van der Waals surface area contributed by atoms with Gasteiger partial charge in [0.15, 0.2) is 0 Å². The zero-order valence-electron chi connectivity index (χ0n) is 11.1. The summed E-state index contributed by atoms with van der Waals surface area (Å²) in [5.41, 5.74) is 4.82. The largest absolute Gasteiger partial charge is 0.508 e. The lowest BCUT2D eigenvalue weighted by Crippen LogP contribution is -2.17. The first-order valence-corrected chi connectivity index (χ1v) is 6.73. The summed E-state index contributed by atoms with van der Waals surface area (Å²) in [5, 5.41) is 13.2. The van der Waals surface area contributed by atoms with Crippen LogP contribution in [0.3, 0.4) is 0 Å². The Morgan fingerprint density at radius 1 is 1.32 bits per heavy atom. The summed E-state index contributed by atoms with van der Waals surface area (Å²) in [7, 11) is 0. The van der Waals surface area contributed by atoms with E-state index in [2.05, 4.69) is 17.2 Å². The van der Waals surface area contributed by atoms with Crippen molar-refractivity contribution >= 4 is 5.69 Å². The van der Waals surface area contributed by atoms with Crippen LogP contribution in [-0.4, -0.2) is 10.1 Å². The molecule has 1 heterocycles. The maximum Gasteiger partial charge on any atom is 0.115 e. The molecule has 3 rings (SSSR count). The highest BCUT2D eigenvalue weighted by atomic mass is 16.3. The van der Waals surface area contributed by atoms with E-state index < -0.39 is 0 Å². The Morgan fingerprint density at radius 3 is 3.05 bits per heavy atom. The van der Waals surface area contributed by atoms with Gasteiger partial charge in [-0.3, -0.25) is 4.98 Å². The van der Waals surface area contributed by atoms with Crippen LogP contribution in [0.15, 0.2) is 36.7 Å². The third-order valence-corrected chi connectivity index (χ3v) is 3.81. The number of aromatic nitrogens is 1. The second-order valence-corrected chi connectivity index (χ2v) is 5.16. The molecule has 19 heavy (non-hydrogen) atoms. The van der Waals surface area contributed by atoms with E-state index in [-0.39, 0.29) is 6.04 Å². The highest BCUT2D eigenvalue weighted by Gasteiger charge is 2.20. The molecule has 0 radical (unpaired) electrons. The van der Waals surface area contributed by atoms with Gasteiger partial charge in [-0.25, -0.2) is 0 Å². The van der Waals surface area contributed by atoms with Crippen molar-refractivity contribution in [2.24, 2.45) is 0 Å². The van der Waals surface area contributed by atoms with Crippen molar-refractivity contribution < 1.29 is 5.11 Å². The summed E-state index contributed by atoms with van der Waals surface area (Å²) >= 11 is 0. The quantitative estimate of drug-likeness (QED) is 0.861. The monoisotopic (exact) mass is 254 g/mol. The van der Waals surface area contributed by atoms with E-state index in [0.29, 0.717) is 5.75 Å². The van der Waals surface area contributed by atoms with Gasteiger partial charge < -0.3 is 10.4 Å². The molecule has 3 nitrogen and oxygen atoms in total. The Balaban J connectivity index is 1.92. The summed E-state index contributed by atoms with van der Waals surface area (Å²) in [6, 6.07) is 7.97. The van der Waals surface area contributed by atoms with Gasteiger partial charge in [-0.15, -0.1) is 0 Å². The lowest BCUT2D eigenvalue weighted by molar-refractivity contribution is 0.471. The molecule has 0 fully saturated rings. The molecule has 1 aromatic carbocycles. The van der Waals surface area contributed by atoms with Crippen molar-refractivity contribution in [3.05, 3.63) is 53.3 Å². The first-order chi connectivity index (χ1) is 9.24. The number of phenols is 1. The van der Waals surface area contributed by atoms with Crippen LogP contribution < -0.4 is 5.32 Å². The number of pyridine rings is 1. The molecule has 0 saturated carbocycles. The van der Waals surface area contributed by atoms with Crippen LogP contribution in [0.4, 0.5) is 5.69 Å². The fourth-order valence-corrected chi connectivity index (χ4v) is 2.74. The molecule has 0 spiro atoms. The molecule has 0 saturated heterocycles. The number of aromatic hydroxyl groups is 1. The average molecular weight is 254 g/mol. The fourth-order valence-electron chi connectivity index (χ4n) is 2.74. The molecule has 0 aliphatic heterocycles. The van der Waals surface area contributed by atoms with Crippen molar-refractivity contribution in [2.45, 2.75) is 32.2 Å². The van der Waals surface area contributed by atoms with Crippen LogP contribution in [0.5, 0.6) is 5.75 Å². The van der Waals surface area contributed by atoms with Crippen LogP contribution in [0.1, 0.15) is 35.6 Å². The minimum absolute atomic E-state index is 0.263. The van der Waals surface area contributed by atoms with Gasteiger partial charge in [-0.1, -0.05) is 6.07 Å². The molecule has 1 aromatic heterocycles. The van der Waals surface area contributed by atoms with Gasteiger partial charge in [0.2, 0.25) is 0 Å². The molecule has 1 aliphatic carbocycles. The normalized spacial score (nSPS) is 17.8. The number of anilines is 1. The van der Waals surface area contributed by atoms with E-state index in [9.17, 15) is 5.11 Å². The first kappa shape index (κ1) is 12.0. The van der Waals surface area contributed by atoms with E-state index >= 15 is 0 Å². The molecule has 1 aliphatic rings. The van der Waals surface area contributed by atoms with Crippen molar-refractivity contribution in [2.75, 3.05) is 5.32 Å². The van der Waals surface area contributed by atoms with Gasteiger partial charge in [-0.05, 0) is 61.1 Å². The van der Waals surface area contributed by atoms with Gasteiger partial charge in [0.25, 0.3) is 0 Å². The maximum atomic E-state index is 9.69. The standard InChI is InChI=1S/C16H18N2O/c1-11-7-8-17-10-16(11)18-15-4-2-3-12-5-6-13(19)9-14(12)15/h5-10,15,18-19H,2-4H2,1H3. The molecular formula is C16H18N2O. The first-order valence-electron chi connectivity index (χ1n) is 6.73. The number of phenolic OH excluding ortho intramolecular Hbond substituents is 1. The Bertz CT molecular complexity index is 595. The number of hydrogen-bond donors (Lipinski definition) is 2. The van der Waals surface area contributed by atoms with Crippen molar-refractivity contribution in [3.8, 4) is 5.75 Å². The molecular weight excluding hydrogens is 236 g/mol. The van der Waals surface area contributed by atoms with Crippen LogP contribution in [0, 0.1) is 6.92 Å². The summed E-state index contributed by atoms with van der Waals surface area (Å²) in [5.74, 6) is 0.343. The predicted molar refractivity (Wildman–Crippen MR) is 76.4 cm³/mol. The van der Waals surface area contributed by atoms with Gasteiger partial charge in [0.1, 0.15) is 5.75 Å². The zero-order chi connectivity index (χ0) is 13.2. The summed E-state index contributed by atoms with van der Waals surface area (Å²) in [4.78, 5) is 4.17. The van der Waals surface area contributed by atoms with Crippen LogP contribution in [0.25, 0.3) is 0 Å². The Hall–Kier alpha value is -2.03. The number of aryl methyl sites for hydroxylation is 2. The lowest BCUT2D eigenvalue weighted by Gasteiger charge is -2.27. The highest BCUT2D eigenvalue weighted by Crippen LogP contribution is 2.34. The zero-order valence-corrected chi connectivity index (χ0v) is 11.1. The van der Waals surface area contributed by atoms with E-state index in [0.717, 1.165) is 18.5 Å². The Kier molecular flexibility index (Phi) is 3.11. The second kappa shape index (κ2) is 4.92. The smallest absolute Gasteiger partial charge is 0.115 e. The molecule has 2 aromatic rings. The minimum atomic E-state index is 0.263. The van der Waals surface area contributed by atoms with Gasteiger partial charge >= 0.3 is 0 Å². The van der Waals surface area contributed by atoms with Crippen molar-refractivity contribution in [1.82, 2.24) is 4.98 Å². The van der Waals surface area contributed by atoms with Crippen molar-refractivity contribution in [3.63, 3.8) is 0 Å². The van der Waals surface area contributed by atoms with E-state index in [1.807, 2.05) is 24.4 Å². The van der Waals surface area contributed by atoms with Crippen LogP contribution >= 0.6 is 0 Å². The summed E-state index contributed by atoms with van der Waals surface area (Å²) in [6.45, 7) is 2.08. The van der Waals surface area contributed by atoms with E-state index in [1.165, 1.54) is 23.1 Å². The van der Waals surface area contributed by atoms with Gasteiger partial charge in [0.05, 0.1) is 17.9 Å². The summed E-state index contributed by atoms with van der Waals surface area (Å²) in [6.07, 6.45) is 7.03.